The average Bonchev–Trinajstić information content (AvgIpc) is 2.97. The van der Waals surface area contributed by atoms with Crippen LogP contribution in [0, 0.1) is 5.92 Å². The molecule has 3 atom stereocenters. The van der Waals surface area contributed by atoms with E-state index in [1.54, 1.807) is 0 Å². The Bertz CT molecular complexity index is 293. The molecule has 20 heavy (non-hydrogen) atoms. The molecule has 0 saturated carbocycles. The fourth-order valence-corrected chi connectivity index (χ4v) is 4.24. The lowest BCUT2D eigenvalue weighted by Gasteiger charge is -2.46. The van der Waals surface area contributed by atoms with Gasteiger partial charge < -0.3 is 19.9 Å². The van der Waals surface area contributed by atoms with Gasteiger partial charge in [-0.25, -0.2) is 0 Å². The Morgan fingerprint density at radius 1 is 1.15 bits per heavy atom. The molecule has 1 N–H and O–H groups in total. The SMILES string of the molecule is CN1CCCC2CN(CCNCC3CCCO3)CCC21. The fraction of sp³-hybridized carbons (Fsp3) is 1.00. The second-order valence-electron chi connectivity index (χ2n) is 6.88. The minimum Gasteiger partial charge on any atom is -0.377 e. The predicted molar refractivity (Wildman–Crippen MR) is 82.0 cm³/mol. The van der Waals surface area contributed by atoms with E-state index in [0.717, 1.165) is 31.7 Å². The van der Waals surface area contributed by atoms with Crippen LogP contribution in [-0.2, 0) is 4.74 Å². The van der Waals surface area contributed by atoms with Gasteiger partial charge in [0.05, 0.1) is 6.10 Å². The monoisotopic (exact) mass is 281 g/mol. The zero-order chi connectivity index (χ0) is 13.8. The van der Waals surface area contributed by atoms with Crippen molar-refractivity contribution in [1.82, 2.24) is 15.1 Å². The van der Waals surface area contributed by atoms with Gasteiger partial charge in [0, 0.05) is 38.8 Å². The Kier molecular flexibility index (Phi) is 5.32. The van der Waals surface area contributed by atoms with E-state index in [1.165, 1.54) is 58.3 Å². The molecular formula is C16H31N3O. The quantitative estimate of drug-likeness (QED) is 0.766. The van der Waals surface area contributed by atoms with Gasteiger partial charge in [-0.2, -0.15) is 0 Å². The van der Waals surface area contributed by atoms with Crippen molar-refractivity contribution in [1.29, 1.82) is 0 Å². The summed E-state index contributed by atoms with van der Waals surface area (Å²) in [5.74, 6) is 0.917. The van der Waals surface area contributed by atoms with E-state index < -0.39 is 0 Å². The summed E-state index contributed by atoms with van der Waals surface area (Å²) >= 11 is 0. The average molecular weight is 281 g/mol. The molecule has 0 bridgehead atoms. The van der Waals surface area contributed by atoms with Crippen molar-refractivity contribution in [2.24, 2.45) is 5.92 Å². The second kappa shape index (κ2) is 7.21. The van der Waals surface area contributed by atoms with E-state index in [2.05, 4.69) is 22.2 Å². The zero-order valence-corrected chi connectivity index (χ0v) is 13.0. The number of hydrogen-bond donors (Lipinski definition) is 1. The minimum absolute atomic E-state index is 0.479. The molecule has 116 valence electrons. The summed E-state index contributed by atoms with van der Waals surface area (Å²) in [6, 6.07) is 0.861. The van der Waals surface area contributed by atoms with Gasteiger partial charge in [0.2, 0.25) is 0 Å². The van der Waals surface area contributed by atoms with Crippen LogP contribution in [0.15, 0.2) is 0 Å². The maximum Gasteiger partial charge on any atom is 0.0700 e. The van der Waals surface area contributed by atoms with E-state index in [9.17, 15) is 0 Å². The Hall–Kier alpha value is -0.160. The molecular weight excluding hydrogens is 250 g/mol. The van der Waals surface area contributed by atoms with Crippen LogP contribution in [0.25, 0.3) is 0 Å². The van der Waals surface area contributed by atoms with Crippen LogP contribution < -0.4 is 5.32 Å². The first-order valence-corrected chi connectivity index (χ1v) is 8.58. The maximum absolute atomic E-state index is 5.65. The van der Waals surface area contributed by atoms with E-state index in [-0.39, 0.29) is 0 Å². The summed E-state index contributed by atoms with van der Waals surface area (Å²) in [7, 11) is 2.32. The van der Waals surface area contributed by atoms with Gasteiger partial charge in [0.1, 0.15) is 0 Å². The molecule has 4 nitrogen and oxygen atoms in total. The smallest absolute Gasteiger partial charge is 0.0700 e. The largest absolute Gasteiger partial charge is 0.377 e. The van der Waals surface area contributed by atoms with Crippen molar-refractivity contribution < 1.29 is 4.74 Å². The number of rotatable bonds is 5. The van der Waals surface area contributed by atoms with Crippen molar-refractivity contribution >= 4 is 0 Å². The summed E-state index contributed by atoms with van der Waals surface area (Å²) in [6.07, 6.45) is 7.17. The van der Waals surface area contributed by atoms with E-state index in [1.807, 2.05) is 0 Å². The maximum atomic E-state index is 5.65. The molecule has 3 aliphatic rings. The molecule has 0 aromatic heterocycles. The molecule has 0 aromatic rings. The van der Waals surface area contributed by atoms with Gasteiger partial charge in [-0.05, 0) is 58.2 Å². The van der Waals surface area contributed by atoms with Gasteiger partial charge in [0.15, 0.2) is 0 Å². The topological polar surface area (TPSA) is 27.7 Å². The summed E-state index contributed by atoms with van der Waals surface area (Å²) < 4.78 is 5.65. The van der Waals surface area contributed by atoms with Crippen LogP contribution in [0.4, 0.5) is 0 Å². The third kappa shape index (κ3) is 3.73. The third-order valence-electron chi connectivity index (χ3n) is 5.43. The summed E-state index contributed by atoms with van der Waals surface area (Å²) in [4.78, 5) is 5.27. The van der Waals surface area contributed by atoms with Crippen LogP contribution in [0.3, 0.4) is 0 Å². The Morgan fingerprint density at radius 3 is 2.95 bits per heavy atom. The summed E-state index contributed by atoms with van der Waals surface area (Å²) in [5, 5.41) is 3.58. The van der Waals surface area contributed by atoms with E-state index >= 15 is 0 Å². The molecule has 4 heteroatoms. The molecule has 3 unspecified atom stereocenters. The van der Waals surface area contributed by atoms with Gasteiger partial charge in [-0.1, -0.05) is 0 Å². The van der Waals surface area contributed by atoms with Crippen molar-refractivity contribution in [2.45, 2.75) is 44.2 Å². The standard InChI is InChI=1S/C16H31N3O/c1-18-8-2-4-14-13-19(9-6-16(14)18)10-7-17-12-15-5-3-11-20-15/h14-17H,2-13H2,1H3. The highest BCUT2D eigenvalue weighted by Gasteiger charge is 2.33. The summed E-state index contributed by atoms with van der Waals surface area (Å²) in [6.45, 7) is 8.25. The molecule has 3 heterocycles. The zero-order valence-electron chi connectivity index (χ0n) is 13.0. The number of likely N-dealkylation sites (tertiary alicyclic amines) is 2. The number of piperidine rings is 2. The molecule has 3 rings (SSSR count). The van der Waals surface area contributed by atoms with Gasteiger partial charge in [-0.3, -0.25) is 0 Å². The molecule has 0 radical (unpaired) electrons. The third-order valence-corrected chi connectivity index (χ3v) is 5.43. The van der Waals surface area contributed by atoms with Crippen molar-refractivity contribution in [2.75, 3.05) is 52.9 Å². The van der Waals surface area contributed by atoms with Crippen molar-refractivity contribution in [3.63, 3.8) is 0 Å². The Labute approximate surface area is 123 Å². The molecule has 0 aliphatic carbocycles. The minimum atomic E-state index is 0.479. The number of ether oxygens (including phenoxy) is 1. The van der Waals surface area contributed by atoms with Crippen LogP contribution in [0.2, 0.25) is 0 Å². The predicted octanol–water partition coefficient (Wildman–Crippen LogP) is 1.17. The first-order valence-electron chi connectivity index (χ1n) is 8.58. The van der Waals surface area contributed by atoms with E-state index in [0.29, 0.717) is 6.10 Å². The lowest BCUT2D eigenvalue weighted by atomic mass is 9.84. The molecule has 3 aliphatic heterocycles. The molecule has 3 saturated heterocycles. The number of nitrogens with zero attached hydrogens (tertiary/aromatic N) is 2. The highest BCUT2D eigenvalue weighted by Crippen LogP contribution is 2.29. The fourth-order valence-electron chi connectivity index (χ4n) is 4.24. The molecule has 3 fully saturated rings. The molecule has 0 amide bonds. The first kappa shape index (κ1) is 14.8. The van der Waals surface area contributed by atoms with E-state index in [4.69, 9.17) is 4.74 Å². The van der Waals surface area contributed by atoms with Crippen LogP contribution in [0.1, 0.15) is 32.1 Å². The van der Waals surface area contributed by atoms with Crippen LogP contribution >= 0.6 is 0 Å². The number of fused-ring (bicyclic) bond motifs is 1. The van der Waals surface area contributed by atoms with Crippen molar-refractivity contribution in [3.05, 3.63) is 0 Å². The lowest BCUT2D eigenvalue weighted by molar-refractivity contribution is 0.0385. The molecule has 0 spiro atoms. The van der Waals surface area contributed by atoms with Gasteiger partial charge in [0.25, 0.3) is 0 Å². The first-order chi connectivity index (χ1) is 9.83. The highest BCUT2D eigenvalue weighted by atomic mass is 16.5. The Balaban J connectivity index is 1.32. The number of nitrogens with one attached hydrogen (secondary N) is 1. The summed E-state index contributed by atoms with van der Waals surface area (Å²) in [5.41, 5.74) is 0. The van der Waals surface area contributed by atoms with Crippen LogP contribution in [-0.4, -0.2) is 74.9 Å². The second-order valence-corrected chi connectivity index (χ2v) is 6.88. The highest BCUT2D eigenvalue weighted by molar-refractivity contribution is 4.89. The van der Waals surface area contributed by atoms with Gasteiger partial charge in [-0.15, -0.1) is 0 Å². The lowest BCUT2D eigenvalue weighted by Crippen LogP contribution is -2.53. The van der Waals surface area contributed by atoms with Gasteiger partial charge >= 0.3 is 0 Å². The molecule has 0 aromatic carbocycles. The number of hydrogen-bond acceptors (Lipinski definition) is 4. The van der Waals surface area contributed by atoms with Crippen LogP contribution in [0.5, 0.6) is 0 Å². The van der Waals surface area contributed by atoms with Crippen molar-refractivity contribution in [3.8, 4) is 0 Å². The normalized spacial score (nSPS) is 36.1. The Morgan fingerprint density at radius 2 is 2.10 bits per heavy atom.